The molecule has 5 heteroatoms. The van der Waals surface area contributed by atoms with Crippen LogP contribution in [-0.2, 0) is 4.79 Å². The van der Waals surface area contributed by atoms with Gasteiger partial charge in [0.05, 0.1) is 16.1 Å². The average molecular weight is 421 g/mol. The van der Waals surface area contributed by atoms with Crippen LogP contribution >= 0.6 is 24.0 Å². The van der Waals surface area contributed by atoms with E-state index in [-0.39, 0.29) is 11.4 Å². The molecule has 0 bridgehead atoms. The summed E-state index contributed by atoms with van der Waals surface area (Å²) in [6, 6.07) is 16.0. The number of hydrogen-bond acceptors (Lipinski definition) is 4. The van der Waals surface area contributed by atoms with Gasteiger partial charge in [-0.05, 0) is 69.2 Å². The lowest BCUT2D eigenvalue weighted by atomic mass is 9.88. The van der Waals surface area contributed by atoms with E-state index in [0.717, 1.165) is 17.8 Å². The van der Waals surface area contributed by atoms with Gasteiger partial charge in [0, 0.05) is 17.8 Å². The number of benzene rings is 2. The van der Waals surface area contributed by atoms with Gasteiger partial charge in [-0.2, -0.15) is 0 Å². The minimum absolute atomic E-state index is 0.00847. The maximum absolute atomic E-state index is 13.0. The number of fused-ring (bicyclic) bond motifs is 1. The van der Waals surface area contributed by atoms with E-state index in [4.69, 9.17) is 12.2 Å². The van der Waals surface area contributed by atoms with Crippen molar-refractivity contribution in [2.75, 3.05) is 16.3 Å². The van der Waals surface area contributed by atoms with Crippen molar-refractivity contribution in [1.29, 1.82) is 0 Å². The van der Waals surface area contributed by atoms with E-state index in [1.807, 2.05) is 36.4 Å². The van der Waals surface area contributed by atoms with Gasteiger partial charge in [-0.3, -0.25) is 9.69 Å². The second kappa shape index (κ2) is 7.47. The maximum Gasteiger partial charge on any atom is 0.270 e. The zero-order valence-corrected chi connectivity index (χ0v) is 18.7. The largest absolute Gasteiger partial charge is 0.363 e. The molecule has 0 aliphatic carbocycles. The monoisotopic (exact) mass is 420 g/mol. The lowest BCUT2D eigenvalue weighted by Crippen LogP contribution is -2.44. The van der Waals surface area contributed by atoms with Gasteiger partial charge in [0.2, 0.25) is 0 Å². The second-order valence-electron chi connectivity index (χ2n) is 7.85. The molecule has 4 rings (SSSR count). The van der Waals surface area contributed by atoms with E-state index < -0.39 is 0 Å². The molecule has 2 aromatic rings. The topological polar surface area (TPSA) is 23.6 Å². The van der Waals surface area contributed by atoms with Gasteiger partial charge in [-0.25, -0.2) is 0 Å². The third kappa shape index (κ3) is 3.53. The van der Waals surface area contributed by atoms with Gasteiger partial charge in [0.25, 0.3) is 5.91 Å². The lowest BCUT2D eigenvalue weighted by molar-refractivity contribution is -0.113. The summed E-state index contributed by atoms with van der Waals surface area (Å²) in [6.07, 6.45) is 4.27. The number of thioether (sulfide) groups is 1. The average Bonchev–Trinajstić information content (AvgIpc) is 2.95. The first-order chi connectivity index (χ1) is 13.8. The van der Waals surface area contributed by atoms with Crippen LogP contribution in [0.4, 0.5) is 11.4 Å². The van der Waals surface area contributed by atoms with Gasteiger partial charge in [-0.1, -0.05) is 54.3 Å². The SMILES string of the molecule is CCN1c2ccc(/C=C3/SC(=S)N(c4ccccc4)C3=O)cc2C(C)=CC1(C)C. The van der Waals surface area contributed by atoms with Crippen molar-refractivity contribution < 1.29 is 4.79 Å². The first-order valence-corrected chi connectivity index (χ1v) is 11.0. The molecule has 2 aliphatic heterocycles. The Morgan fingerprint density at radius 3 is 2.55 bits per heavy atom. The molecule has 3 nitrogen and oxygen atoms in total. The Bertz CT molecular complexity index is 1050. The molecule has 2 aliphatic rings. The van der Waals surface area contributed by atoms with Crippen molar-refractivity contribution >= 4 is 57.2 Å². The Labute approximate surface area is 182 Å². The summed E-state index contributed by atoms with van der Waals surface area (Å²) < 4.78 is 0.570. The molecule has 0 unspecified atom stereocenters. The first kappa shape index (κ1) is 19.9. The fourth-order valence-corrected chi connectivity index (χ4v) is 5.49. The Morgan fingerprint density at radius 1 is 1.14 bits per heavy atom. The highest BCUT2D eigenvalue weighted by molar-refractivity contribution is 8.27. The Hall–Kier alpha value is -2.37. The molecular weight excluding hydrogens is 396 g/mol. The molecule has 2 aromatic carbocycles. The number of anilines is 2. The Balaban J connectivity index is 1.69. The minimum Gasteiger partial charge on any atom is -0.363 e. The number of thiocarbonyl (C=S) groups is 1. The van der Waals surface area contributed by atoms with E-state index in [2.05, 4.69) is 56.9 Å². The molecule has 0 spiro atoms. The van der Waals surface area contributed by atoms with Crippen molar-refractivity contribution in [1.82, 2.24) is 0 Å². The predicted molar refractivity (Wildman–Crippen MR) is 129 cm³/mol. The van der Waals surface area contributed by atoms with E-state index in [1.165, 1.54) is 28.6 Å². The molecule has 0 aromatic heterocycles. The molecule has 0 N–H and O–H groups in total. The van der Waals surface area contributed by atoms with E-state index >= 15 is 0 Å². The fourth-order valence-electron chi connectivity index (χ4n) is 4.19. The summed E-state index contributed by atoms with van der Waals surface area (Å²) in [6.45, 7) is 9.77. The predicted octanol–water partition coefficient (Wildman–Crippen LogP) is 6.11. The number of carbonyl (C=O) groups excluding carboxylic acids is 1. The summed E-state index contributed by atoms with van der Waals surface area (Å²) >= 11 is 6.84. The Kier molecular flexibility index (Phi) is 5.13. The van der Waals surface area contributed by atoms with Gasteiger partial charge in [0.15, 0.2) is 4.32 Å². The Morgan fingerprint density at radius 2 is 1.86 bits per heavy atom. The van der Waals surface area contributed by atoms with Crippen LogP contribution in [0.1, 0.15) is 38.8 Å². The molecule has 0 radical (unpaired) electrons. The van der Waals surface area contributed by atoms with Crippen LogP contribution in [-0.4, -0.2) is 22.3 Å². The standard InChI is InChI=1S/C24H24N2OS2/c1-5-25-20-12-11-17(13-19(20)16(2)15-24(25,3)4)14-21-22(27)26(23(28)29-21)18-9-7-6-8-10-18/h6-15H,5H2,1-4H3/b21-14+. The van der Waals surface area contributed by atoms with Gasteiger partial charge in [-0.15, -0.1) is 0 Å². The molecule has 1 saturated heterocycles. The summed E-state index contributed by atoms with van der Waals surface area (Å²) in [5.74, 6) is -0.0625. The normalized spacial score (nSPS) is 19.6. The van der Waals surface area contributed by atoms with Crippen molar-refractivity contribution in [3.8, 4) is 0 Å². The molecule has 1 amide bonds. The molecule has 0 atom stereocenters. The maximum atomic E-state index is 13.0. The number of nitrogens with zero attached hydrogens (tertiary/aromatic N) is 2. The third-order valence-corrected chi connectivity index (χ3v) is 6.73. The van der Waals surface area contributed by atoms with Gasteiger partial charge >= 0.3 is 0 Å². The van der Waals surface area contributed by atoms with Crippen molar-refractivity contribution in [3.63, 3.8) is 0 Å². The summed E-state index contributed by atoms with van der Waals surface area (Å²) in [5, 5.41) is 0. The molecule has 148 valence electrons. The summed E-state index contributed by atoms with van der Waals surface area (Å²) in [7, 11) is 0. The van der Waals surface area contributed by atoms with E-state index in [1.54, 1.807) is 4.90 Å². The minimum atomic E-state index is -0.0625. The van der Waals surface area contributed by atoms with Crippen LogP contribution in [0.2, 0.25) is 0 Å². The molecule has 29 heavy (non-hydrogen) atoms. The third-order valence-electron chi connectivity index (χ3n) is 5.42. The molecule has 0 saturated carbocycles. The van der Waals surface area contributed by atoms with Gasteiger partial charge in [0.1, 0.15) is 0 Å². The van der Waals surface area contributed by atoms with Crippen LogP contribution < -0.4 is 9.80 Å². The van der Waals surface area contributed by atoms with Crippen LogP contribution in [0.5, 0.6) is 0 Å². The summed E-state index contributed by atoms with van der Waals surface area (Å²) in [4.78, 5) is 17.7. The molecule has 2 heterocycles. The highest BCUT2D eigenvalue weighted by Gasteiger charge is 2.34. The van der Waals surface area contributed by atoms with Crippen LogP contribution in [0.3, 0.4) is 0 Å². The molecular formula is C24H24N2OS2. The zero-order valence-electron chi connectivity index (χ0n) is 17.1. The number of allylic oxidation sites excluding steroid dienone is 1. The zero-order chi connectivity index (χ0) is 20.8. The van der Waals surface area contributed by atoms with Crippen molar-refractivity contribution in [2.24, 2.45) is 0 Å². The lowest BCUT2D eigenvalue weighted by Gasteiger charge is -2.42. The van der Waals surface area contributed by atoms with Crippen molar-refractivity contribution in [2.45, 2.75) is 33.2 Å². The van der Waals surface area contributed by atoms with E-state index in [0.29, 0.717) is 9.23 Å². The van der Waals surface area contributed by atoms with Crippen molar-refractivity contribution in [3.05, 3.63) is 70.6 Å². The number of likely N-dealkylation sites (N-methyl/N-ethyl adjacent to an activating group) is 1. The highest BCUT2D eigenvalue weighted by atomic mass is 32.2. The second-order valence-corrected chi connectivity index (χ2v) is 9.53. The number of amides is 1. The number of rotatable bonds is 3. The van der Waals surface area contributed by atoms with Gasteiger partial charge < -0.3 is 4.90 Å². The number of carbonyl (C=O) groups is 1. The fraction of sp³-hybridized carbons (Fsp3) is 0.250. The van der Waals surface area contributed by atoms with Crippen LogP contribution in [0.15, 0.2) is 59.5 Å². The first-order valence-electron chi connectivity index (χ1n) is 9.76. The van der Waals surface area contributed by atoms with Crippen LogP contribution in [0, 0.1) is 0 Å². The molecule has 1 fully saturated rings. The summed E-state index contributed by atoms with van der Waals surface area (Å²) in [5.41, 5.74) is 5.54. The van der Waals surface area contributed by atoms with Crippen LogP contribution in [0.25, 0.3) is 11.6 Å². The highest BCUT2D eigenvalue weighted by Crippen LogP contribution is 2.40. The van der Waals surface area contributed by atoms with E-state index in [9.17, 15) is 4.79 Å². The quantitative estimate of drug-likeness (QED) is 0.441. The number of para-hydroxylation sites is 1. The smallest absolute Gasteiger partial charge is 0.270 e. The number of hydrogen-bond donors (Lipinski definition) is 0.